The number of anilines is 1. The van der Waals surface area contributed by atoms with Crippen LogP contribution in [0, 0.1) is 0 Å². The number of nitrogens with zero attached hydrogens (tertiary/aromatic N) is 1. The van der Waals surface area contributed by atoms with Crippen LogP contribution in [0.2, 0.25) is 0 Å². The van der Waals surface area contributed by atoms with Crippen molar-refractivity contribution >= 4 is 23.4 Å². The number of aliphatic hydroxyl groups is 2. The summed E-state index contributed by atoms with van der Waals surface area (Å²) in [6.07, 6.45) is -4.50. The van der Waals surface area contributed by atoms with Gasteiger partial charge in [-0.25, -0.2) is 0 Å². The molecule has 1 heterocycles. The quantitative estimate of drug-likeness (QED) is 0.617. The van der Waals surface area contributed by atoms with Crippen molar-refractivity contribution in [3.63, 3.8) is 0 Å². The van der Waals surface area contributed by atoms with E-state index in [0.29, 0.717) is 0 Å². The Kier molecular flexibility index (Phi) is 3.36. The van der Waals surface area contributed by atoms with E-state index >= 15 is 0 Å². The van der Waals surface area contributed by atoms with E-state index in [4.69, 9.17) is 10.2 Å². The summed E-state index contributed by atoms with van der Waals surface area (Å²) in [5.74, 6) is -1.83. The minimum atomic E-state index is -4.50. The molecule has 0 spiro atoms. The SMILES string of the molecule is O=C1C(=C(O)O)SCN1c1cccc(C(F)(F)F)c1. The van der Waals surface area contributed by atoms with E-state index in [2.05, 4.69) is 0 Å². The second-order valence-corrected chi connectivity index (χ2v) is 4.66. The molecule has 4 nitrogen and oxygen atoms in total. The highest BCUT2D eigenvalue weighted by Crippen LogP contribution is 2.36. The fraction of sp³-hybridized carbons (Fsp3) is 0.182. The van der Waals surface area contributed by atoms with Gasteiger partial charge in [0.25, 0.3) is 11.9 Å². The van der Waals surface area contributed by atoms with Crippen LogP contribution in [0.15, 0.2) is 35.1 Å². The zero-order valence-electron chi connectivity index (χ0n) is 9.31. The summed E-state index contributed by atoms with van der Waals surface area (Å²) < 4.78 is 37.7. The number of rotatable bonds is 1. The summed E-state index contributed by atoms with van der Waals surface area (Å²) >= 11 is 0.850. The van der Waals surface area contributed by atoms with Crippen molar-refractivity contribution in [3.05, 3.63) is 40.7 Å². The Labute approximate surface area is 110 Å². The summed E-state index contributed by atoms with van der Waals surface area (Å²) in [5.41, 5.74) is -0.808. The Balaban J connectivity index is 2.35. The minimum Gasteiger partial charge on any atom is -0.480 e. The number of halogens is 3. The van der Waals surface area contributed by atoms with Crippen LogP contribution in [0.4, 0.5) is 18.9 Å². The summed E-state index contributed by atoms with van der Waals surface area (Å²) in [6, 6.07) is 4.29. The molecule has 1 saturated heterocycles. The normalized spacial score (nSPS) is 16.1. The average molecular weight is 291 g/mol. The van der Waals surface area contributed by atoms with Gasteiger partial charge in [0, 0.05) is 5.69 Å². The van der Waals surface area contributed by atoms with Gasteiger partial charge in [0.1, 0.15) is 0 Å². The third-order valence-corrected chi connectivity index (χ3v) is 3.50. The first-order valence-corrected chi connectivity index (χ1v) is 6.03. The Morgan fingerprint density at radius 3 is 2.53 bits per heavy atom. The molecular formula is C11H8F3NO3S. The molecule has 102 valence electrons. The number of aliphatic hydroxyl groups excluding tert-OH is 1. The molecular weight excluding hydrogens is 283 g/mol. The molecule has 1 fully saturated rings. The number of amides is 1. The van der Waals surface area contributed by atoms with Crippen molar-refractivity contribution in [2.24, 2.45) is 0 Å². The van der Waals surface area contributed by atoms with E-state index in [-0.39, 0.29) is 16.5 Å². The first-order valence-electron chi connectivity index (χ1n) is 5.05. The maximum absolute atomic E-state index is 12.6. The smallest absolute Gasteiger partial charge is 0.416 e. The molecule has 1 aromatic rings. The third kappa shape index (κ3) is 2.62. The van der Waals surface area contributed by atoms with Gasteiger partial charge in [0.2, 0.25) is 0 Å². The van der Waals surface area contributed by atoms with Crippen molar-refractivity contribution in [1.82, 2.24) is 0 Å². The molecule has 0 unspecified atom stereocenters. The van der Waals surface area contributed by atoms with E-state index in [1.165, 1.54) is 12.1 Å². The van der Waals surface area contributed by atoms with Gasteiger partial charge in [-0.15, -0.1) is 0 Å². The number of hydrogen-bond donors (Lipinski definition) is 2. The van der Waals surface area contributed by atoms with Gasteiger partial charge in [0.05, 0.1) is 11.4 Å². The van der Waals surface area contributed by atoms with Crippen LogP contribution in [0.25, 0.3) is 0 Å². The van der Waals surface area contributed by atoms with Crippen molar-refractivity contribution < 1.29 is 28.2 Å². The van der Waals surface area contributed by atoms with Crippen LogP contribution in [0.1, 0.15) is 5.56 Å². The lowest BCUT2D eigenvalue weighted by Gasteiger charge is -2.16. The van der Waals surface area contributed by atoms with Gasteiger partial charge in [-0.1, -0.05) is 17.8 Å². The van der Waals surface area contributed by atoms with Gasteiger partial charge < -0.3 is 10.2 Å². The molecule has 2 N–H and O–H groups in total. The maximum atomic E-state index is 12.6. The molecule has 8 heteroatoms. The lowest BCUT2D eigenvalue weighted by Crippen LogP contribution is -2.25. The third-order valence-electron chi connectivity index (χ3n) is 2.47. The van der Waals surface area contributed by atoms with E-state index < -0.39 is 23.6 Å². The van der Waals surface area contributed by atoms with Gasteiger partial charge in [-0.05, 0) is 18.2 Å². The van der Waals surface area contributed by atoms with Crippen LogP contribution >= 0.6 is 11.8 Å². The first kappa shape index (κ1) is 13.6. The topological polar surface area (TPSA) is 60.8 Å². The zero-order chi connectivity index (χ0) is 14.2. The van der Waals surface area contributed by atoms with E-state index in [1.807, 2.05) is 0 Å². The molecule has 1 aromatic carbocycles. The number of thioether (sulfide) groups is 1. The lowest BCUT2D eigenvalue weighted by atomic mass is 10.2. The van der Waals surface area contributed by atoms with Crippen LogP contribution in [-0.4, -0.2) is 22.0 Å². The van der Waals surface area contributed by atoms with E-state index in [9.17, 15) is 18.0 Å². The first-order chi connectivity index (χ1) is 8.80. The number of benzene rings is 1. The van der Waals surface area contributed by atoms with Gasteiger partial charge in [-0.3, -0.25) is 9.69 Å². The predicted molar refractivity (Wildman–Crippen MR) is 63.7 cm³/mol. The molecule has 1 amide bonds. The second kappa shape index (κ2) is 4.69. The standard InChI is InChI=1S/C11H8F3NO3S/c12-11(13,14)6-2-1-3-7(4-6)15-5-19-8(9(15)16)10(17)18/h1-4,17-18H,5H2. The molecule has 0 aromatic heterocycles. The van der Waals surface area contributed by atoms with Crippen molar-refractivity contribution in [3.8, 4) is 0 Å². The highest BCUT2D eigenvalue weighted by Gasteiger charge is 2.34. The van der Waals surface area contributed by atoms with Gasteiger partial charge >= 0.3 is 6.18 Å². The van der Waals surface area contributed by atoms with Crippen molar-refractivity contribution in [2.75, 3.05) is 10.8 Å². The predicted octanol–water partition coefficient (Wildman–Crippen LogP) is 3.03. The van der Waals surface area contributed by atoms with Crippen LogP contribution in [-0.2, 0) is 11.0 Å². The van der Waals surface area contributed by atoms with Gasteiger partial charge in [-0.2, -0.15) is 13.2 Å². The summed E-state index contributed by atoms with van der Waals surface area (Å²) in [4.78, 5) is 12.5. The van der Waals surface area contributed by atoms with E-state index in [0.717, 1.165) is 28.8 Å². The number of carbonyl (C=O) groups is 1. The lowest BCUT2D eigenvalue weighted by molar-refractivity contribution is -0.137. The molecule has 0 atom stereocenters. The Morgan fingerprint density at radius 2 is 2.00 bits per heavy atom. The highest BCUT2D eigenvalue weighted by atomic mass is 32.2. The van der Waals surface area contributed by atoms with Gasteiger partial charge in [0.15, 0.2) is 4.91 Å². The molecule has 0 aliphatic carbocycles. The Hall–Kier alpha value is -1.83. The fourth-order valence-electron chi connectivity index (χ4n) is 1.57. The molecule has 19 heavy (non-hydrogen) atoms. The van der Waals surface area contributed by atoms with Crippen molar-refractivity contribution in [1.29, 1.82) is 0 Å². The minimum absolute atomic E-state index is 0.0279. The molecule has 0 bridgehead atoms. The van der Waals surface area contributed by atoms with Crippen LogP contribution < -0.4 is 4.90 Å². The molecule has 1 aliphatic heterocycles. The van der Waals surface area contributed by atoms with Crippen LogP contribution in [0.5, 0.6) is 0 Å². The molecule has 0 radical (unpaired) electrons. The molecule has 2 rings (SSSR count). The Bertz CT molecular complexity index is 552. The second-order valence-electron chi connectivity index (χ2n) is 3.71. The number of alkyl halides is 3. The maximum Gasteiger partial charge on any atom is 0.416 e. The molecule has 0 saturated carbocycles. The highest BCUT2D eigenvalue weighted by molar-refractivity contribution is 8.04. The van der Waals surface area contributed by atoms with Crippen molar-refractivity contribution in [2.45, 2.75) is 6.18 Å². The zero-order valence-corrected chi connectivity index (χ0v) is 10.1. The van der Waals surface area contributed by atoms with E-state index in [1.54, 1.807) is 0 Å². The monoisotopic (exact) mass is 291 g/mol. The fourth-order valence-corrected chi connectivity index (χ4v) is 2.46. The van der Waals surface area contributed by atoms with Crippen LogP contribution in [0.3, 0.4) is 0 Å². The summed E-state index contributed by atoms with van der Waals surface area (Å²) in [6.45, 7) is 0. The number of carbonyl (C=O) groups excluding carboxylic acids is 1. The number of hydrogen-bond acceptors (Lipinski definition) is 4. The molecule has 1 aliphatic rings. The summed E-state index contributed by atoms with van der Waals surface area (Å²) in [7, 11) is 0. The average Bonchev–Trinajstić information content (AvgIpc) is 2.70. The Morgan fingerprint density at radius 1 is 1.32 bits per heavy atom. The largest absolute Gasteiger partial charge is 0.480 e. The summed E-state index contributed by atoms with van der Waals surface area (Å²) in [5, 5.41) is 17.7.